The van der Waals surface area contributed by atoms with Crippen molar-refractivity contribution in [3.05, 3.63) is 30.1 Å². The van der Waals surface area contributed by atoms with Crippen molar-refractivity contribution in [3.8, 4) is 0 Å². The van der Waals surface area contributed by atoms with Crippen molar-refractivity contribution in [3.63, 3.8) is 0 Å². The number of hydrogen-bond donors (Lipinski definition) is 2. The number of aliphatic hydroxyl groups is 2. The average Bonchev–Trinajstić information content (AvgIpc) is 2.19. The molecule has 3 nitrogen and oxygen atoms in total. The first-order chi connectivity index (χ1) is 6.24. The average molecular weight is 181 g/mol. The Morgan fingerprint density at radius 1 is 1.38 bits per heavy atom. The summed E-state index contributed by atoms with van der Waals surface area (Å²) < 4.78 is 0. The third kappa shape index (κ3) is 3.13. The van der Waals surface area contributed by atoms with E-state index in [1.807, 2.05) is 19.1 Å². The molecule has 0 radical (unpaired) electrons. The van der Waals surface area contributed by atoms with Crippen molar-refractivity contribution in [2.24, 2.45) is 0 Å². The van der Waals surface area contributed by atoms with Crippen LogP contribution in [0.3, 0.4) is 0 Å². The van der Waals surface area contributed by atoms with Gasteiger partial charge in [0.15, 0.2) is 0 Å². The Kier molecular flexibility index (Phi) is 3.86. The SMILES string of the molecule is CC(CC(O)CO)c1ccncc1. The van der Waals surface area contributed by atoms with Gasteiger partial charge in [-0.25, -0.2) is 0 Å². The zero-order chi connectivity index (χ0) is 9.68. The molecular weight excluding hydrogens is 166 g/mol. The lowest BCUT2D eigenvalue weighted by atomic mass is 9.96. The fourth-order valence-electron chi connectivity index (χ4n) is 1.31. The molecule has 13 heavy (non-hydrogen) atoms. The van der Waals surface area contributed by atoms with Crippen LogP contribution in [0, 0.1) is 0 Å². The first-order valence-electron chi connectivity index (χ1n) is 4.43. The minimum absolute atomic E-state index is 0.171. The van der Waals surface area contributed by atoms with E-state index >= 15 is 0 Å². The highest BCUT2D eigenvalue weighted by molar-refractivity contribution is 5.14. The molecule has 0 aliphatic rings. The number of hydrogen-bond acceptors (Lipinski definition) is 3. The number of nitrogens with zero attached hydrogens (tertiary/aromatic N) is 1. The Morgan fingerprint density at radius 3 is 2.54 bits per heavy atom. The molecule has 0 fully saturated rings. The second-order valence-electron chi connectivity index (χ2n) is 3.25. The van der Waals surface area contributed by atoms with Crippen molar-refractivity contribution in [1.29, 1.82) is 0 Å². The standard InChI is InChI=1S/C10H15NO2/c1-8(6-10(13)7-12)9-2-4-11-5-3-9/h2-5,8,10,12-13H,6-7H2,1H3. The zero-order valence-electron chi connectivity index (χ0n) is 7.72. The molecule has 1 aromatic rings. The molecular formula is C10H15NO2. The van der Waals surface area contributed by atoms with Gasteiger partial charge in [-0.2, -0.15) is 0 Å². The number of aliphatic hydroxyl groups excluding tert-OH is 2. The molecule has 0 aliphatic heterocycles. The summed E-state index contributed by atoms with van der Waals surface area (Å²) in [6, 6.07) is 3.85. The van der Waals surface area contributed by atoms with Gasteiger partial charge >= 0.3 is 0 Å². The maximum Gasteiger partial charge on any atom is 0.0776 e. The fourth-order valence-corrected chi connectivity index (χ4v) is 1.31. The van der Waals surface area contributed by atoms with E-state index in [4.69, 9.17) is 5.11 Å². The van der Waals surface area contributed by atoms with Gasteiger partial charge in [0, 0.05) is 12.4 Å². The molecule has 0 aliphatic carbocycles. The second-order valence-corrected chi connectivity index (χ2v) is 3.25. The van der Waals surface area contributed by atoms with Gasteiger partial charge in [-0.3, -0.25) is 4.98 Å². The normalized spacial score (nSPS) is 15.3. The van der Waals surface area contributed by atoms with Gasteiger partial charge in [-0.1, -0.05) is 6.92 Å². The summed E-state index contributed by atoms with van der Waals surface area (Å²) in [4.78, 5) is 3.92. The van der Waals surface area contributed by atoms with Gasteiger partial charge in [-0.15, -0.1) is 0 Å². The van der Waals surface area contributed by atoms with Crippen molar-refractivity contribution in [1.82, 2.24) is 4.98 Å². The molecule has 0 saturated carbocycles. The van der Waals surface area contributed by atoms with Gasteiger partial charge in [0.05, 0.1) is 12.7 Å². The molecule has 2 atom stereocenters. The predicted molar refractivity (Wildman–Crippen MR) is 50.4 cm³/mol. The van der Waals surface area contributed by atoms with E-state index < -0.39 is 6.10 Å². The van der Waals surface area contributed by atoms with Gasteiger partial charge < -0.3 is 10.2 Å². The first kappa shape index (κ1) is 10.2. The molecule has 2 unspecified atom stereocenters. The van der Waals surface area contributed by atoms with Gasteiger partial charge in [0.25, 0.3) is 0 Å². The van der Waals surface area contributed by atoms with Crippen molar-refractivity contribution < 1.29 is 10.2 Å². The minimum Gasteiger partial charge on any atom is -0.394 e. The minimum atomic E-state index is -0.622. The summed E-state index contributed by atoms with van der Waals surface area (Å²) >= 11 is 0. The molecule has 0 amide bonds. The van der Waals surface area contributed by atoms with Crippen LogP contribution >= 0.6 is 0 Å². The highest BCUT2D eigenvalue weighted by Gasteiger charge is 2.10. The molecule has 0 aromatic carbocycles. The number of aromatic nitrogens is 1. The molecule has 72 valence electrons. The van der Waals surface area contributed by atoms with E-state index in [1.54, 1.807) is 12.4 Å². The van der Waals surface area contributed by atoms with Crippen LogP contribution in [0.4, 0.5) is 0 Å². The summed E-state index contributed by atoms with van der Waals surface area (Å²) in [5.41, 5.74) is 1.14. The van der Waals surface area contributed by atoms with Crippen LogP contribution in [0.15, 0.2) is 24.5 Å². The summed E-state index contributed by atoms with van der Waals surface area (Å²) in [5.74, 6) is 0.255. The second kappa shape index (κ2) is 4.94. The molecule has 1 heterocycles. The predicted octanol–water partition coefficient (Wildman–Crippen LogP) is 0.928. The van der Waals surface area contributed by atoms with Crippen LogP contribution in [-0.4, -0.2) is 27.9 Å². The van der Waals surface area contributed by atoms with E-state index in [0.29, 0.717) is 6.42 Å². The largest absolute Gasteiger partial charge is 0.394 e. The Balaban J connectivity index is 2.53. The van der Waals surface area contributed by atoms with Crippen LogP contribution in [0.1, 0.15) is 24.8 Å². The molecule has 3 heteroatoms. The monoisotopic (exact) mass is 181 g/mol. The highest BCUT2D eigenvalue weighted by atomic mass is 16.3. The van der Waals surface area contributed by atoms with Crippen molar-refractivity contribution in [2.45, 2.75) is 25.4 Å². The quantitative estimate of drug-likeness (QED) is 0.726. The van der Waals surface area contributed by atoms with Crippen LogP contribution < -0.4 is 0 Å². The topological polar surface area (TPSA) is 53.4 Å². The molecule has 1 aromatic heterocycles. The summed E-state index contributed by atoms with van der Waals surface area (Å²) in [6.07, 6.45) is 3.43. The first-order valence-corrected chi connectivity index (χ1v) is 4.43. The Hall–Kier alpha value is -0.930. The summed E-state index contributed by atoms with van der Waals surface area (Å²) in [7, 11) is 0. The molecule has 0 bridgehead atoms. The van der Waals surface area contributed by atoms with Gasteiger partial charge in [-0.05, 0) is 30.0 Å². The lowest BCUT2D eigenvalue weighted by Gasteiger charge is -2.14. The third-order valence-corrected chi connectivity index (χ3v) is 2.11. The number of rotatable bonds is 4. The van der Waals surface area contributed by atoms with Crippen LogP contribution in [0.2, 0.25) is 0 Å². The van der Waals surface area contributed by atoms with E-state index in [0.717, 1.165) is 5.56 Å². The Labute approximate surface area is 78.1 Å². The van der Waals surface area contributed by atoms with E-state index in [2.05, 4.69) is 4.98 Å². The number of pyridine rings is 1. The maximum absolute atomic E-state index is 9.22. The van der Waals surface area contributed by atoms with Gasteiger partial charge in [0.1, 0.15) is 0 Å². The van der Waals surface area contributed by atoms with Crippen LogP contribution in [0.25, 0.3) is 0 Å². The molecule has 1 rings (SSSR count). The summed E-state index contributed by atoms with van der Waals surface area (Å²) in [5, 5.41) is 17.9. The van der Waals surface area contributed by atoms with Crippen LogP contribution in [-0.2, 0) is 0 Å². The zero-order valence-corrected chi connectivity index (χ0v) is 7.72. The van der Waals surface area contributed by atoms with Gasteiger partial charge in [0.2, 0.25) is 0 Å². The van der Waals surface area contributed by atoms with E-state index in [-0.39, 0.29) is 12.5 Å². The lowest BCUT2D eigenvalue weighted by Crippen LogP contribution is -2.14. The molecule has 0 spiro atoms. The lowest BCUT2D eigenvalue weighted by molar-refractivity contribution is 0.0835. The Bertz CT molecular complexity index is 238. The maximum atomic E-state index is 9.22. The third-order valence-electron chi connectivity index (χ3n) is 2.11. The van der Waals surface area contributed by atoms with E-state index in [1.165, 1.54) is 0 Å². The molecule has 2 N–H and O–H groups in total. The summed E-state index contributed by atoms with van der Waals surface area (Å²) in [6.45, 7) is 1.85. The Morgan fingerprint density at radius 2 is 2.00 bits per heavy atom. The van der Waals surface area contributed by atoms with E-state index in [9.17, 15) is 5.11 Å². The smallest absolute Gasteiger partial charge is 0.0776 e. The van der Waals surface area contributed by atoms with Crippen molar-refractivity contribution >= 4 is 0 Å². The highest BCUT2D eigenvalue weighted by Crippen LogP contribution is 2.19. The van der Waals surface area contributed by atoms with Crippen molar-refractivity contribution in [2.75, 3.05) is 6.61 Å². The molecule has 0 saturated heterocycles. The fraction of sp³-hybridized carbons (Fsp3) is 0.500. The van der Waals surface area contributed by atoms with Crippen LogP contribution in [0.5, 0.6) is 0 Å².